The molecule has 0 amide bonds. The number of nitrogens with zero attached hydrogens (tertiary/aromatic N) is 2. The first kappa shape index (κ1) is 19.3. The van der Waals surface area contributed by atoms with E-state index in [2.05, 4.69) is 85.8 Å². The Bertz CT molecular complexity index is 1650. The number of benzene rings is 3. The minimum absolute atomic E-state index is 0.0815. The second kappa shape index (κ2) is 6.70. The molecule has 1 fully saturated rings. The maximum absolute atomic E-state index is 5.45. The van der Waals surface area contributed by atoms with Gasteiger partial charge in [0.15, 0.2) is 0 Å². The van der Waals surface area contributed by atoms with Gasteiger partial charge in [-0.1, -0.05) is 88.6 Å². The topological polar surface area (TPSA) is 17.3 Å². The van der Waals surface area contributed by atoms with Gasteiger partial charge >= 0.3 is 0 Å². The Hall–Kier alpha value is -3.13. The Morgan fingerprint density at radius 3 is 1.91 bits per heavy atom. The highest BCUT2D eigenvalue weighted by atomic mass is 15.0. The van der Waals surface area contributed by atoms with Crippen molar-refractivity contribution in [2.24, 2.45) is 0 Å². The molecule has 1 aliphatic carbocycles. The first-order chi connectivity index (χ1) is 16.0. The van der Waals surface area contributed by atoms with Gasteiger partial charge in [-0.05, 0) is 46.7 Å². The Morgan fingerprint density at radius 2 is 1.27 bits per heavy atom. The van der Waals surface area contributed by atoms with Crippen molar-refractivity contribution in [2.45, 2.75) is 64.2 Å². The van der Waals surface area contributed by atoms with Crippen LogP contribution in [0.1, 0.15) is 70.1 Å². The van der Waals surface area contributed by atoms with E-state index in [4.69, 9.17) is 4.98 Å². The molecule has 0 unspecified atom stereocenters. The second-order valence-electron chi connectivity index (χ2n) is 11.1. The quantitative estimate of drug-likeness (QED) is 0.188. The molecule has 0 bridgehead atoms. The van der Waals surface area contributed by atoms with Crippen molar-refractivity contribution in [1.82, 2.24) is 9.38 Å². The first-order valence-corrected chi connectivity index (χ1v) is 12.5. The van der Waals surface area contributed by atoms with Gasteiger partial charge in [0.25, 0.3) is 0 Å². The molecular weight excluding hydrogens is 400 g/mol. The molecule has 3 aromatic carbocycles. The summed E-state index contributed by atoms with van der Waals surface area (Å²) in [5, 5.41) is 7.99. The number of fused-ring (bicyclic) bond motifs is 6. The lowest BCUT2D eigenvalue weighted by Crippen LogP contribution is -2.11. The highest BCUT2D eigenvalue weighted by Crippen LogP contribution is 2.45. The lowest BCUT2D eigenvalue weighted by molar-refractivity contribution is 0.440. The molecule has 6 aromatic rings. The Kier molecular flexibility index (Phi) is 3.93. The smallest absolute Gasteiger partial charge is 0.146 e. The maximum Gasteiger partial charge on any atom is 0.146 e. The molecule has 0 saturated heterocycles. The van der Waals surface area contributed by atoms with Crippen LogP contribution in [0, 0.1) is 0 Å². The van der Waals surface area contributed by atoms with Crippen LogP contribution in [0.15, 0.2) is 60.7 Å². The van der Waals surface area contributed by atoms with E-state index in [0.717, 1.165) is 5.65 Å². The van der Waals surface area contributed by atoms with Crippen molar-refractivity contribution in [3.63, 3.8) is 0 Å². The highest BCUT2D eigenvalue weighted by Gasteiger charge is 2.27. The van der Waals surface area contributed by atoms with Crippen molar-refractivity contribution >= 4 is 49.0 Å². The number of imidazole rings is 1. The summed E-state index contributed by atoms with van der Waals surface area (Å²) in [6.45, 7) is 6.96. The third-order valence-electron chi connectivity index (χ3n) is 8.03. The van der Waals surface area contributed by atoms with E-state index in [0.29, 0.717) is 5.92 Å². The van der Waals surface area contributed by atoms with Crippen molar-refractivity contribution in [3.8, 4) is 0 Å². The highest BCUT2D eigenvalue weighted by molar-refractivity contribution is 6.25. The van der Waals surface area contributed by atoms with Crippen LogP contribution in [0.2, 0.25) is 0 Å². The summed E-state index contributed by atoms with van der Waals surface area (Å²) >= 11 is 0. The summed E-state index contributed by atoms with van der Waals surface area (Å²) in [5.41, 5.74) is 6.61. The molecule has 0 atom stereocenters. The molecule has 0 radical (unpaired) electrons. The molecule has 33 heavy (non-hydrogen) atoms. The van der Waals surface area contributed by atoms with E-state index >= 15 is 0 Å². The molecule has 7 rings (SSSR count). The zero-order chi connectivity index (χ0) is 22.3. The monoisotopic (exact) mass is 430 g/mol. The molecule has 0 spiro atoms. The summed E-state index contributed by atoms with van der Waals surface area (Å²) in [6.07, 6.45) is 6.52. The lowest BCUT2D eigenvalue weighted by Gasteiger charge is -2.23. The number of aromatic nitrogens is 2. The van der Waals surface area contributed by atoms with Crippen LogP contribution in [0.3, 0.4) is 0 Å². The Balaban J connectivity index is 1.79. The van der Waals surface area contributed by atoms with E-state index in [-0.39, 0.29) is 5.41 Å². The first-order valence-electron chi connectivity index (χ1n) is 12.5. The van der Waals surface area contributed by atoms with Crippen LogP contribution < -0.4 is 0 Å². The van der Waals surface area contributed by atoms with E-state index in [1.54, 1.807) is 0 Å². The van der Waals surface area contributed by atoms with Crippen LogP contribution in [0.4, 0.5) is 0 Å². The van der Waals surface area contributed by atoms with Crippen LogP contribution in [0.5, 0.6) is 0 Å². The molecule has 1 aliphatic rings. The van der Waals surface area contributed by atoms with Gasteiger partial charge in [-0.25, -0.2) is 4.98 Å². The van der Waals surface area contributed by atoms with E-state index in [1.807, 2.05) is 0 Å². The summed E-state index contributed by atoms with van der Waals surface area (Å²) in [7, 11) is 0. The fraction of sp³-hybridized carbons (Fsp3) is 0.323. The van der Waals surface area contributed by atoms with Gasteiger partial charge in [0.05, 0.1) is 16.7 Å². The third kappa shape index (κ3) is 2.64. The van der Waals surface area contributed by atoms with Crippen LogP contribution in [-0.4, -0.2) is 9.38 Å². The molecule has 2 heteroatoms. The molecular formula is C31H30N2. The maximum atomic E-state index is 5.45. The number of pyridine rings is 2. The van der Waals surface area contributed by atoms with E-state index < -0.39 is 0 Å². The van der Waals surface area contributed by atoms with Gasteiger partial charge in [-0.3, -0.25) is 4.40 Å². The predicted octanol–water partition coefficient (Wildman–Crippen LogP) is 8.73. The van der Waals surface area contributed by atoms with E-state index in [9.17, 15) is 0 Å². The molecule has 0 N–H and O–H groups in total. The van der Waals surface area contributed by atoms with Crippen molar-refractivity contribution in [1.29, 1.82) is 0 Å². The SMILES string of the molecule is CC(C)(C)c1cc2c3ccccc3c3nc(C4CCCCC4)c4c5ccccc5c(c1)c2n34. The molecule has 3 heterocycles. The van der Waals surface area contributed by atoms with Gasteiger partial charge < -0.3 is 0 Å². The van der Waals surface area contributed by atoms with Gasteiger partial charge in [0.2, 0.25) is 0 Å². The lowest BCUT2D eigenvalue weighted by atomic mass is 9.83. The van der Waals surface area contributed by atoms with E-state index in [1.165, 1.54) is 86.7 Å². The predicted molar refractivity (Wildman–Crippen MR) is 141 cm³/mol. The minimum atomic E-state index is 0.0815. The average molecular weight is 431 g/mol. The van der Waals surface area contributed by atoms with Gasteiger partial charge in [0, 0.05) is 27.5 Å². The van der Waals surface area contributed by atoms with Crippen molar-refractivity contribution in [3.05, 3.63) is 71.9 Å². The Morgan fingerprint density at radius 1 is 0.697 bits per heavy atom. The minimum Gasteiger partial charge on any atom is -0.291 e. The summed E-state index contributed by atoms with van der Waals surface area (Å²) in [4.78, 5) is 5.45. The molecule has 164 valence electrons. The fourth-order valence-electron chi connectivity index (χ4n) is 6.31. The molecule has 2 nitrogen and oxygen atoms in total. The molecule has 3 aromatic heterocycles. The fourth-order valence-corrected chi connectivity index (χ4v) is 6.31. The summed E-state index contributed by atoms with van der Waals surface area (Å²) in [5.74, 6) is 0.561. The zero-order valence-corrected chi connectivity index (χ0v) is 19.8. The molecule has 0 aliphatic heterocycles. The average Bonchev–Trinajstić information content (AvgIpc) is 3.25. The number of rotatable bonds is 1. The summed E-state index contributed by atoms with van der Waals surface area (Å²) in [6, 6.07) is 22.8. The van der Waals surface area contributed by atoms with Gasteiger partial charge in [-0.2, -0.15) is 0 Å². The number of hydrogen-bond acceptors (Lipinski definition) is 1. The van der Waals surface area contributed by atoms with Crippen LogP contribution >= 0.6 is 0 Å². The normalized spacial score (nSPS) is 16.2. The number of hydrogen-bond donors (Lipinski definition) is 0. The largest absolute Gasteiger partial charge is 0.291 e. The third-order valence-corrected chi connectivity index (χ3v) is 8.03. The molecule has 1 saturated carbocycles. The summed E-state index contributed by atoms with van der Waals surface area (Å²) < 4.78 is 2.52. The van der Waals surface area contributed by atoms with Crippen LogP contribution in [-0.2, 0) is 5.41 Å². The van der Waals surface area contributed by atoms with Gasteiger partial charge in [-0.15, -0.1) is 0 Å². The zero-order valence-electron chi connectivity index (χ0n) is 19.8. The van der Waals surface area contributed by atoms with Crippen LogP contribution in [0.25, 0.3) is 49.0 Å². The standard InChI is InChI=1S/C31H30N2/c1-31(2,3)20-17-25-21-13-7-9-15-23(21)29-27(19-11-5-4-6-12-19)32-30-24-16-10-8-14-22(24)26(18-20)28(25)33(29)30/h7-10,13-19H,4-6,11-12H2,1-3H3. The van der Waals surface area contributed by atoms with Crippen molar-refractivity contribution < 1.29 is 0 Å². The van der Waals surface area contributed by atoms with Gasteiger partial charge in [0.1, 0.15) is 5.65 Å². The Labute approximate surface area is 194 Å². The second-order valence-corrected chi connectivity index (χ2v) is 11.1. The van der Waals surface area contributed by atoms with Crippen molar-refractivity contribution in [2.75, 3.05) is 0 Å².